The van der Waals surface area contributed by atoms with Gasteiger partial charge in [-0.2, -0.15) is 0 Å². The summed E-state index contributed by atoms with van der Waals surface area (Å²) in [4.78, 5) is 0.928. The van der Waals surface area contributed by atoms with Crippen LogP contribution >= 0.6 is 11.3 Å². The van der Waals surface area contributed by atoms with Crippen molar-refractivity contribution in [3.05, 3.63) is 17.0 Å². The van der Waals surface area contributed by atoms with Gasteiger partial charge in [0.05, 0.1) is 0 Å². The molecular weight excluding hydrogens is 170 g/mol. The van der Waals surface area contributed by atoms with Crippen LogP contribution in [0.25, 0.3) is 0 Å². The van der Waals surface area contributed by atoms with Crippen molar-refractivity contribution in [3.8, 4) is 0 Å². The third-order valence-electron chi connectivity index (χ3n) is 1.01. The smallest absolute Gasteiger partial charge is 0.196 e. The van der Waals surface area contributed by atoms with Crippen molar-refractivity contribution in [2.24, 2.45) is 5.73 Å². The fourth-order valence-electron chi connectivity index (χ4n) is 0.562. The Labute approximate surface area is 65.2 Å². The van der Waals surface area contributed by atoms with E-state index in [2.05, 4.69) is 0 Å². The van der Waals surface area contributed by atoms with Crippen molar-refractivity contribution in [2.45, 2.75) is 10.8 Å². The van der Waals surface area contributed by atoms with E-state index in [0.29, 0.717) is 10.8 Å². The van der Waals surface area contributed by atoms with Crippen LogP contribution < -0.4 is 5.73 Å². The first-order valence-electron chi connectivity index (χ1n) is 2.63. The molecule has 10 heavy (non-hydrogen) atoms. The van der Waals surface area contributed by atoms with Crippen molar-refractivity contribution < 1.29 is 8.76 Å². The maximum Gasteiger partial charge on any atom is 0.196 e. The van der Waals surface area contributed by atoms with E-state index in [1.807, 2.05) is 0 Å². The molecule has 0 aliphatic heterocycles. The first-order chi connectivity index (χ1) is 4.74. The van der Waals surface area contributed by atoms with Gasteiger partial charge in [-0.1, -0.05) is 0 Å². The normalized spacial score (nSPS) is 13.4. The van der Waals surface area contributed by atoms with E-state index < -0.39 is 11.1 Å². The summed E-state index contributed by atoms with van der Waals surface area (Å²) in [6.45, 7) is 0.432. The fraction of sp³-hybridized carbons (Fsp3) is 0.200. The predicted octanol–water partition coefficient (Wildman–Crippen LogP) is 0.787. The molecule has 3 nitrogen and oxygen atoms in total. The minimum atomic E-state index is -1.85. The molecular formula is C5H7NO2S2. The Bertz CT molecular complexity index is 246. The highest BCUT2D eigenvalue weighted by Gasteiger charge is 2.02. The van der Waals surface area contributed by atoms with E-state index in [4.69, 9.17) is 10.3 Å². The van der Waals surface area contributed by atoms with Gasteiger partial charge >= 0.3 is 0 Å². The lowest BCUT2D eigenvalue weighted by atomic mass is 10.5. The van der Waals surface area contributed by atoms with Crippen LogP contribution in [0.1, 0.15) is 4.88 Å². The van der Waals surface area contributed by atoms with Crippen LogP contribution in [0, 0.1) is 0 Å². The molecule has 1 rings (SSSR count). The summed E-state index contributed by atoms with van der Waals surface area (Å²) in [6.07, 6.45) is 0. The molecule has 1 aromatic rings. The van der Waals surface area contributed by atoms with Crippen LogP contribution in [0.4, 0.5) is 0 Å². The fourth-order valence-corrected chi connectivity index (χ4v) is 1.97. The molecule has 3 N–H and O–H groups in total. The maximum absolute atomic E-state index is 10.4. The molecule has 0 saturated carbocycles. The zero-order valence-corrected chi connectivity index (χ0v) is 6.74. The second-order valence-corrected chi connectivity index (χ2v) is 4.04. The summed E-state index contributed by atoms with van der Waals surface area (Å²) in [5.41, 5.74) is 5.29. The molecule has 0 saturated heterocycles. The standard InChI is InChI=1S/C5H7NO2S2/c6-3-4-1-2-5(9-4)10(7)8/h1-2H,3,6H2,(H,7,8). The van der Waals surface area contributed by atoms with E-state index in [1.54, 1.807) is 12.1 Å². The number of thiophene rings is 1. The SMILES string of the molecule is NCc1ccc(S(=O)O)s1. The van der Waals surface area contributed by atoms with Crippen LogP contribution in [0.3, 0.4) is 0 Å². The van der Waals surface area contributed by atoms with Gasteiger partial charge in [-0.25, -0.2) is 4.21 Å². The van der Waals surface area contributed by atoms with Crippen molar-refractivity contribution in [1.82, 2.24) is 0 Å². The summed E-state index contributed by atoms with van der Waals surface area (Å²) < 4.78 is 19.4. The van der Waals surface area contributed by atoms with Crippen LogP contribution in [0.2, 0.25) is 0 Å². The van der Waals surface area contributed by atoms with Gasteiger partial charge in [-0.15, -0.1) is 11.3 Å². The third kappa shape index (κ3) is 1.63. The van der Waals surface area contributed by atoms with Gasteiger partial charge in [0.1, 0.15) is 4.21 Å². The molecule has 0 fully saturated rings. The molecule has 56 valence electrons. The quantitative estimate of drug-likeness (QED) is 0.656. The Morgan fingerprint density at radius 3 is 2.70 bits per heavy atom. The van der Waals surface area contributed by atoms with Gasteiger partial charge in [0.2, 0.25) is 0 Å². The number of rotatable bonds is 2. The highest BCUT2D eigenvalue weighted by molar-refractivity contribution is 7.81. The topological polar surface area (TPSA) is 63.3 Å². The van der Waals surface area contributed by atoms with Gasteiger partial charge in [0.25, 0.3) is 0 Å². The maximum atomic E-state index is 10.4. The Kier molecular flexibility index (Phi) is 2.56. The minimum Gasteiger partial charge on any atom is -0.326 e. The average molecular weight is 177 g/mol. The number of nitrogens with two attached hydrogens (primary N) is 1. The van der Waals surface area contributed by atoms with E-state index in [1.165, 1.54) is 11.3 Å². The molecule has 1 atom stereocenters. The summed E-state index contributed by atoms with van der Waals surface area (Å²) >= 11 is -0.581. The van der Waals surface area contributed by atoms with Gasteiger partial charge in [0, 0.05) is 11.4 Å². The van der Waals surface area contributed by atoms with E-state index >= 15 is 0 Å². The summed E-state index contributed by atoms with van der Waals surface area (Å²) in [5.74, 6) is 0. The molecule has 0 aliphatic carbocycles. The van der Waals surface area contributed by atoms with E-state index in [9.17, 15) is 4.21 Å². The van der Waals surface area contributed by atoms with Gasteiger partial charge in [0.15, 0.2) is 11.1 Å². The highest BCUT2D eigenvalue weighted by atomic mass is 32.2. The van der Waals surface area contributed by atoms with Gasteiger partial charge in [-0.05, 0) is 12.1 Å². The molecule has 0 bridgehead atoms. The zero-order chi connectivity index (χ0) is 7.56. The monoisotopic (exact) mass is 177 g/mol. The molecule has 0 aromatic carbocycles. The van der Waals surface area contributed by atoms with Crippen molar-refractivity contribution in [3.63, 3.8) is 0 Å². The lowest BCUT2D eigenvalue weighted by Crippen LogP contribution is -1.91. The van der Waals surface area contributed by atoms with Crippen LogP contribution in [-0.4, -0.2) is 8.76 Å². The first kappa shape index (κ1) is 7.87. The van der Waals surface area contributed by atoms with Gasteiger partial charge < -0.3 is 10.3 Å². The molecule has 0 spiro atoms. The van der Waals surface area contributed by atoms with Crippen molar-refractivity contribution >= 4 is 22.4 Å². The molecule has 1 heterocycles. The third-order valence-corrected chi connectivity index (χ3v) is 3.07. The second kappa shape index (κ2) is 3.25. The molecule has 1 aromatic heterocycles. The number of hydrogen-bond acceptors (Lipinski definition) is 3. The highest BCUT2D eigenvalue weighted by Crippen LogP contribution is 2.17. The predicted molar refractivity (Wildman–Crippen MR) is 41.2 cm³/mol. The molecule has 1 unspecified atom stereocenters. The molecule has 5 heteroatoms. The van der Waals surface area contributed by atoms with Gasteiger partial charge in [-0.3, -0.25) is 0 Å². The van der Waals surface area contributed by atoms with Crippen LogP contribution in [-0.2, 0) is 17.6 Å². The molecule has 0 radical (unpaired) electrons. The Morgan fingerprint density at radius 1 is 1.70 bits per heavy atom. The van der Waals surface area contributed by atoms with Crippen molar-refractivity contribution in [2.75, 3.05) is 0 Å². The first-order valence-corrected chi connectivity index (χ1v) is 4.56. The summed E-state index contributed by atoms with van der Waals surface area (Å²) in [5, 5.41) is 0. The lowest BCUT2D eigenvalue weighted by molar-refractivity contribution is 0.566. The Balaban J connectivity index is 2.88. The molecule has 0 aliphatic rings. The minimum absolute atomic E-state index is 0.432. The van der Waals surface area contributed by atoms with Crippen LogP contribution in [0.15, 0.2) is 16.3 Å². The average Bonchev–Trinajstić information content (AvgIpc) is 2.34. The molecule has 0 amide bonds. The lowest BCUT2D eigenvalue weighted by Gasteiger charge is -1.84. The van der Waals surface area contributed by atoms with E-state index in [0.717, 1.165) is 4.88 Å². The summed E-state index contributed by atoms with van der Waals surface area (Å²) in [7, 11) is 0. The summed E-state index contributed by atoms with van der Waals surface area (Å²) in [6, 6.07) is 3.37. The largest absolute Gasteiger partial charge is 0.326 e. The van der Waals surface area contributed by atoms with Crippen LogP contribution in [0.5, 0.6) is 0 Å². The number of hydrogen-bond donors (Lipinski definition) is 2. The Morgan fingerprint density at radius 2 is 2.40 bits per heavy atom. The zero-order valence-electron chi connectivity index (χ0n) is 5.11. The van der Waals surface area contributed by atoms with E-state index in [-0.39, 0.29) is 0 Å². The second-order valence-electron chi connectivity index (χ2n) is 1.67. The Hall–Kier alpha value is -0.230. The van der Waals surface area contributed by atoms with Crippen molar-refractivity contribution in [1.29, 1.82) is 0 Å².